The van der Waals surface area contributed by atoms with E-state index < -0.39 is 0 Å². The Morgan fingerprint density at radius 3 is 2.91 bits per heavy atom. The van der Waals surface area contributed by atoms with Gasteiger partial charge in [0.25, 0.3) is 11.5 Å². The summed E-state index contributed by atoms with van der Waals surface area (Å²) in [6.45, 7) is 0. The first-order chi connectivity index (χ1) is 10.6. The molecule has 0 saturated carbocycles. The average Bonchev–Trinajstić information content (AvgIpc) is 2.96. The molecule has 22 heavy (non-hydrogen) atoms. The van der Waals surface area contributed by atoms with E-state index in [4.69, 9.17) is 4.74 Å². The van der Waals surface area contributed by atoms with E-state index in [1.165, 1.54) is 13.2 Å². The molecular formula is C15H14N4O3. The number of aromatic nitrogens is 3. The van der Waals surface area contributed by atoms with Gasteiger partial charge in [0.05, 0.1) is 12.8 Å². The fraction of sp³-hybridized carbons (Fsp3) is 0.133. The van der Waals surface area contributed by atoms with Gasteiger partial charge in [0.15, 0.2) is 0 Å². The number of rotatable bonds is 3. The van der Waals surface area contributed by atoms with Crippen LogP contribution in [0.1, 0.15) is 10.4 Å². The summed E-state index contributed by atoms with van der Waals surface area (Å²) in [7, 11) is 3.10. The summed E-state index contributed by atoms with van der Waals surface area (Å²) < 4.78 is 7.06. The smallest absolute Gasteiger partial charge is 0.252 e. The zero-order valence-corrected chi connectivity index (χ0v) is 12.1. The highest BCUT2D eigenvalue weighted by Gasteiger charge is 2.13. The van der Waals surface area contributed by atoms with Gasteiger partial charge in [-0.3, -0.25) is 19.0 Å². The summed E-state index contributed by atoms with van der Waals surface area (Å²) in [5.74, 6) is 0.788. The maximum absolute atomic E-state index is 11.7. The predicted octanol–water partition coefficient (Wildman–Crippen LogP) is 1.06. The van der Waals surface area contributed by atoms with Crippen LogP contribution in [0.5, 0.6) is 5.75 Å². The van der Waals surface area contributed by atoms with Crippen LogP contribution in [-0.4, -0.2) is 34.4 Å². The highest BCUT2D eigenvalue weighted by atomic mass is 16.5. The van der Waals surface area contributed by atoms with Gasteiger partial charge in [-0.25, -0.2) is 4.98 Å². The minimum atomic E-state index is -0.216. The maximum Gasteiger partial charge on any atom is 0.252 e. The lowest BCUT2D eigenvalue weighted by Crippen LogP contribution is -2.17. The molecule has 0 saturated heterocycles. The van der Waals surface area contributed by atoms with Gasteiger partial charge in [0, 0.05) is 36.6 Å². The summed E-state index contributed by atoms with van der Waals surface area (Å²) in [6, 6.07) is 6.54. The van der Waals surface area contributed by atoms with E-state index >= 15 is 0 Å². The molecule has 0 bridgehead atoms. The van der Waals surface area contributed by atoms with Crippen LogP contribution in [0.4, 0.5) is 0 Å². The molecule has 2 N–H and O–H groups in total. The van der Waals surface area contributed by atoms with Gasteiger partial charge in [-0.1, -0.05) is 0 Å². The quantitative estimate of drug-likeness (QED) is 0.756. The van der Waals surface area contributed by atoms with E-state index in [-0.39, 0.29) is 11.5 Å². The fourth-order valence-electron chi connectivity index (χ4n) is 2.22. The fourth-order valence-corrected chi connectivity index (χ4v) is 2.22. The van der Waals surface area contributed by atoms with Crippen molar-refractivity contribution in [3.8, 4) is 17.0 Å². The van der Waals surface area contributed by atoms with E-state index in [2.05, 4.69) is 15.3 Å². The van der Waals surface area contributed by atoms with Crippen molar-refractivity contribution >= 4 is 11.7 Å². The lowest BCUT2D eigenvalue weighted by molar-refractivity contribution is 0.0963. The third kappa shape index (κ3) is 2.32. The van der Waals surface area contributed by atoms with E-state index in [1.807, 2.05) is 0 Å². The molecule has 2 aromatic heterocycles. The maximum atomic E-state index is 11.7. The van der Waals surface area contributed by atoms with Gasteiger partial charge < -0.3 is 10.1 Å². The summed E-state index contributed by atoms with van der Waals surface area (Å²) >= 11 is 0. The van der Waals surface area contributed by atoms with E-state index in [1.54, 1.807) is 42.0 Å². The van der Waals surface area contributed by atoms with Crippen LogP contribution in [0, 0.1) is 0 Å². The van der Waals surface area contributed by atoms with Gasteiger partial charge in [0.1, 0.15) is 5.75 Å². The zero-order valence-electron chi connectivity index (χ0n) is 12.1. The van der Waals surface area contributed by atoms with Gasteiger partial charge >= 0.3 is 0 Å². The zero-order chi connectivity index (χ0) is 15.7. The van der Waals surface area contributed by atoms with Crippen LogP contribution in [0.3, 0.4) is 0 Å². The van der Waals surface area contributed by atoms with Gasteiger partial charge in [-0.2, -0.15) is 0 Å². The number of fused-ring (bicyclic) bond motifs is 1. The summed E-state index contributed by atoms with van der Waals surface area (Å²) in [6.07, 6.45) is 3.42. The number of hydrogen-bond acceptors (Lipinski definition) is 4. The number of aromatic amines is 1. The molecule has 7 nitrogen and oxygen atoms in total. The molecule has 0 unspecified atom stereocenters. The molecule has 0 fully saturated rings. The molecule has 1 aromatic carbocycles. The monoisotopic (exact) mass is 298 g/mol. The van der Waals surface area contributed by atoms with Gasteiger partial charge in [0.2, 0.25) is 5.78 Å². The lowest BCUT2D eigenvalue weighted by atomic mass is 10.1. The summed E-state index contributed by atoms with van der Waals surface area (Å²) in [5.41, 5.74) is 1.66. The number of methoxy groups -OCH3 is 1. The number of hydrogen-bond donors (Lipinski definition) is 2. The minimum absolute atomic E-state index is 0.191. The molecule has 0 radical (unpaired) electrons. The molecular weight excluding hydrogens is 284 g/mol. The lowest BCUT2D eigenvalue weighted by Gasteiger charge is -2.08. The molecule has 112 valence electrons. The van der Waals surface area contributed by atoms with Crippen LogP contribution in [-0.2, 0) is 0 Å². The van der Waals surface area contributed by atoms with E-state index in [0.29, 0.717) is 22.8 Å². The van der Waals surface area contributed by atoms with Crippen LogP contribution in [0.15, 0.2) is 41.5 Å². The number of ether oxygens (including phenoxy) is 1. The first-order valence-electron chi connectivity index (χ1n) is 6.61. The Bertz CT molecular complexity index is 911. The number of benzene rings is 1. The van der Waals surface area contributed by atoms with Crippen molar-refractivity contribution in [1.29, 1.82) is 0 Å². The Morgan fingerprint density at radius 2 is 2.18 bits per heavy atom. The molecule has 3 rings (SSSR count). The van der Waals surface area contributed by atoms with Crippen LogP contribution in [0.2, 0.25) is 0 Å². The highest BCUT2D eigenvalue weighted by molar-refractivity contribution is 5.95. The Balaban J connectivity index is 2.13. The van der Waals surface area contributed by atoms with Gasteiger partial charge in [-0.15, -0.1) is 0 Å². The predicted molar refractivity (Wildman–Crippen MR) is 81.2 cm³/mol. The third-order valence-corrected chi connectivity index (χ3v) is 3.32. The minimum Gasteiger partial charge on any atom is -0.496 e. The van der Waals surface area contributed by atoms with Crippen molar-refractivity contribution in [3.05, 3.63) is 52.6 Å². The van der Waals surface area contributed by atoms with Crippen molar-refractivity contribution in [1.82, 2.24) is 19.7 Å². The Kier molecular flexibility index (Phi) is 3.38. The van der Waals surface area contributed by atoms with Gasteiger partial charge in [-0.05, 0) is 18.2 Å². The third-order valence-electron chi connectivity index (χ3n) is 3.32. The molecule has 0 aliphatic heterocycles. The second kappa shape index (κ2) is 5.36. The van der Waals surface area contributed by atoms with Crippen molar-refractivity contribution in [3.63, 3.8) is 0 Å². The van der Waals surface area contributed by atoms with Crippen LogP contribution in [0.25, 0.3) is 17.0 Å². The normalized spacial score (nSPS) is 10.6. The second-order valence-electron chi connectivity index (χ2n) is 4.66. The number of carbonyl (C=O) groups is 1. The Labute approximate surface area is 125 Å². The number of nitrogens with one attached hydrogen (secondary N) is 2. The number of carbonyl (C=O) groups excluding carboxylic acids is 1. The van der Waals surface area contributed by atoms with Crippen molar-refractivity contribution in [2.24, 2.45) is 0 Å². The summed E-state index contributed by atoms with van der Waals surface area (Å²) in [5, 5.41) is 2.57. The largest absolute Gasteiger partial charge is 0.496 e. The molecule has 3 aromatic rings. The molecule has 2 heterocycles. The Hall–Kier alpha value is -3.09. The SMILES string of the molecule is CNC(=O)c1ccc(-c2cn3ccc(=O)[nH]c3n2)c(OC)c1. The number of amides is 1. The van der Waals surface area contributed by atoms with Crippen molar-refractivity contribution in [2.75, 3.05) is 14.2 Å². The van der Waals surface area contributed by atoms with E-state index in [0.717, 1.165) is 5.56 Å². The first-order valence-corrected chi connectivity index (χ1v) is 6.61. The number of H-pyrrole nitrogens is 1. The van der Waals surface area contributed by atoms with Crippen LogP contribution < -0.4 is 15.6 Å². The molecule has 0 atom stereocenters. The highest BCUT2D eigenvalue weighted by Crippen LogP contribution is 2.30. The van der Waals surface area contributed by atoms with Crippen molar-refractivity contribution < 1.29 is 9.53 Å². The molecule has 0 spiro atoms. The second-order valence-corrected chi connectivity index (χ2v) is 4.66. The number of imidazole rings is 1. The topological polar surface area (TPSA) is 88.5 Å². The molecule has 0 aliphatic rings. The van der Waals surface area contributed by atoms with E-state index in [9.17, 15) is 9.59 Å². The molecule has 1 amide bonds. The average molecular weight is 298 g/mol. The summed E-state index contributed by atoms with van der Waals surface area (Å²) in [4.78, 5) is 30.0. The van der Waals surface area contributed by atoms with Crippen LogP contribution >= 0.6 is 0 Å². The Morgan fingerprint density at radius 1 is 1.36 bits per heavy atom. The number of nitrogens with zero attached hydrogens (tertiary/aromatic N) is 2. The van der Waals surface area contributed by atoms with Crippen molar-refractivity contribution in [2.45, 2.75) is 0 Å². The first kappa shape index (κ1) is 13.9. The standard InChI is InChI=1S/C15H14N4O3/c1-16-14(21)9-3-4-10(12(7-9)22-2)11-8-19-6-5-13(20)18-15(19)17-11/h3-8H,1-2H3,(H,16,21)(H,17,18,20). The molecule has 0 aliphatic carbocycles. The molecule has 7 heteroatoms.